The van der Waals surface area contributed by atoms with Crippen molar-refractivity contribution < 1.29 is 19.1 Å². The molecule has 1 atom stereocenters. The van der Waals surface area contributed by atoms with E-state index in [0.29, 0.717) is 11.6 Å². The Hall–Kier alpha value is -3.19. The summed E-state index contributed by atoms with van der Waals surface area (Å²) in [4.78, 5) is 31.2. The van der Waals surface area contributed by atoms with E-state index in [9.17, 15) is 9.59 Å². The van der Waals surface area contributed by atoms with Gasteiger partial charge in [-0.1, -0.05) is 18.2 Å². The minimum absolute atomic E-state index is 0.184. The molecule has 0 saturated carbocycles. The Morgan fingerprint density at radius 3 is 2.41 bits per heavy atom. The molecular formula is C22H22N2O4S. The third kappa shape index (κ3) is 4.81. The zero-order valence-corrected chi connectivity index (χ0v) is 17.3. The van der Waals surface area contributed by atoms with Gasteiger partial charge in [-0.2, -0.15) is 0 Å². The number of likely N-dealkylation sites (N-methyl/N-ethyl adjacent to an activating group) is 1. The Kier molecular flexibility index (Phi) is 6.61. The van der Waals surface area contributed by atoms with Crippen molar-refractivity contribution in [2.45, 2.75) is 20.0 Å². The summed E-state index contributed by atoms with van der Waals surface area (Å²) in [6.07, 6.45) is -0.922. The molecule has 0 N–H and O–H groups in total. The van der Waals surface area contributed by atoms with Gasteiger partial charge in [0.25, 0.3) is 5.91 Å². The minimum Gasteiger partial charge on any atom is -0.497 e. The SMILES string of the molecule is CCN(C(=O)[C@H](C)OC(=O)c1csc(-c2ccc(OC)cc2)n1)c1ccccc1. The molecule has 0 aliphatic rings. The first-order valence-corrected chi connectivity index (χ1v) is 10.1. The second-order valence-corrected chi connectivity index (χ2v) is 7.09. The van der Waals surface area contributed by atoms with Gasteiger partial charge in [0.1, 0.15) is 10.8 Å². The number of para-hydroxylation sites is 1. The highest BCUT2D eigenvalue weighted by Gasteiger charge is 2.25. The summed E-state index contributed by atoms with van der Waals surface area (Å²) < 4.78 is 10.5. The molecule has 0 aliphatic carbocycles. The van der Waals surface area contributed by atoms with Gasteiger partial charge in [0.2, 0.25) is 0 Å². The molecule has 6 nitrogen and oxygen atoms in total. The molecule has 0 bridgehead atoms. The van der Waals surface area contributed by atoms with Gasteiger partial charge in [0.15, 0.2) is 11.8 Å². The number of anilines is 1. The lowest BCUT2D eigenvalue weighted by Gasteiger charge is -2.24. The number of hydrogen-bond donors (Lipinski definition) is 0. The van der Waals surface area contributed by atoms with Crippen molar-refractivity contribution in [3.05, 3.63) is 65.7 Å². The van der Waals surface area contributed by atoms with Crippen molar-refractivity contribution in [3.63, 3.8) is 0 Å². The summed E-state index contributed by atoms with van der Waals surface area (Å²) in [6.45, 7) is 3.92. The summed E-state index contributed by atoms with van der Waals surface area (Å²) in [5, 5.41) is 2.33. The maximum absolute atomic E-state index is 12.7. The zero-order valence-electron chi connectivity index (χ0n) is 16.5. The summed E-state index contributed by atoms with van der Waals surface area (Å²) in [5.74, 6) is -0.153. The van der Waals surface area contributed by atoms with Crippen molar-refractivity contribution in [2.24, 2.45) is 0 Å². The first kappa shape index (κ1) is 20.5. The first-order chi connectivity index (χ1) is 14.0. The zero-order chi connectivity index (χ0) is 20.8. The molecule has 1 aromatic heterocycles. The summed E-state index contributed by atoms with van der Waals surface area (Å²) in [7, 11) is 1.60. The Bertz CT molecular complexity index is 970. The van der Waals surface area contributed by atoms with Crippen LogP contribution in [0.1, 0.15) is 24.3 Å². The molecule has 0 spiro atoms. The molecule has 2 aromatic carbocycles. The van der Waals surface area contributed by atoms with Gasteiger partial charge in [-0.15, -0.1) is 11.3 Å². The molecule has 1 amide bonds. The molecule has 150 valence electrons. The molecule has 0 aliphatic heterocycles. The van der Waals surface area contributed by atoms with Crippen LogP contribution >= 0.6 is 11.3 Å². The van der Waals surface area contributed by atoms with Crippen LogP contribution in [0.2, 0.25) is 0 Å². The third-order valence-electron chi connectivity index (χ3n) is 4.33. The average Bonchev–Trinajstić information content (AvgIpc) is 3.25. The molecule has 0 saturated heterocycles. The Labute approximate surface area is 173 Å². The smallest absolute Gasteiger partial charge is 0.358 e. The largest absolute Gasteiger partial charge is 0.497 e. The summed E-state index contributed by atoms with van der Waals surface area (Å²) >= 11 is 1.34. The lowest BCUT2D eigenvalue weighted by molar-refractivity contribution is -0.126. The number of ether oxygens (including phenoxy) is 2. The van der Waals surface area contributed by atoms with Gasteiger partial charge in [0, 0.05) is 23.2 Å². The number of hydrogen-bond acceptors (Lipinski definition) is 6. The molecule has 0 unspecified atom stereocenters. The fraction of sp³-hybridized carbons (Fsp3) is 0.227. The molecule has 1 heterocycles. The summed E-state index contributed by atoms with van der Waals surface area (Å²) in [5.41, 5.74) is 1.82. The average molecular weight is 410 g/mol. The fourth-order valence-corrected chi connectivity index (χ4v) is 3.59. The van der Waals surface area contributed by atoms with E-state index in [4.69, 9.17) is 9.47 Å². The van der Waals surface area contributed by atoms with E-state index in [-0.39, 0.29) is 11.6 Å². The van der Waals surface area contributed by atoms with Crippen LogP contribution in [0.3, 0.4) is 0 Å². The van der Waals surface area contributed by atoms with E-state index in [1.165, 1.54) is 11.3 Å². The second-order valence-electron chi connectivity index (χ2n) is 6.23. The predicted molar refractivity (Wildman–Crippen MR) is 113 cm³/mol. The number of amides is 1. The number of rotatable bonds is 7. The van der Waals surface area contributed by atoms with Crippen LogP contribution in [0.5, 0.6) is 5.75 Å². The van der Waals surface area contributed by atoms with Crippen molar-refractivity contribution in [1.29, 1.82) is 0 Å². The normalized spacial score (nSPS) is 11.6. The van der Waals surface area contributed by atoms with E-state index < -0.39 is 12.1 Å². The van der Waals surface area contributed by atoms with Crippen LogP contribution in [0, 0.1) is 0 Å². The van der Waals surface area contributed by atoms with Crippen molar-refractivity contribution in [1.82, 2.24) is 4.98 Å². The van der Waals surface area contributed by atoms with E-state index >= 15 is 0 Å². The van der Waals surface area contributed by atoms with Crippen LogP contribution in [-0.2, 0) is 9.53 Å². The van der Waals surface area contributed by atoms with E-state index in [2.05, 4.69) is 4.98 Å². The third-order valence-corrected chi connectivity index (χ3v) is 5.22. The van der Waals surface area contributed by atoms with E-state index in [1.807, 2.05) is 61.5 Å². The van der Waals surface area contributed by atoms with Crippen molar-refractivity contribution >= 4 is 28.9 Å². The number of esters is 1. The van der Waals surface area contributed by atoms with Crippen LogP contribution in [0.4, 0.5) is 5.69 Å². The Balaban J connectivity index is 1.68. The van der Waals surface area contributed by atoms with E-state index in [0.717, 1.165) is 17.0 Å². The highest BCUT2D eigenvalue weighted by atomic mass is 32.1. The van der Waals surface area contributed by atoms with Gasteiger partial charge in [0.05, 0.1) is 7.11 Å². The molecule has 0 radical (unpaired) electrons. The minimum atomic E-state index is -0.922. The number of nitrogens with zero attached hydrogens (tertiary/aromatic N) is 2. The molecule has 7 heteroatoms. The topological polar surface area (TPSA) is 68.7 Å². The second kappa shape index (κ2) is 9.34. The molecule has 3 rings (SSSR count). The molecule has 3 aromatic rings. The number of thiazole rings is 1. The van der Waals surface area contributed by atoms with Gasteiger partial charge in [-0.3, -0.25) is 4.79 Å². The number of methoxy groups -OCH3 is 1. The maximum atomic E-state index is 12.7. The van der Waals surface area contributed by atoms with Crippen molar-refractivity contribution in [2.75, 3.05) is 18.6 Å². The number of carbonyl (C=O) groups is 2. The van der Waals surface area contributed by atoms with Gasteiger partial charge in [-0.05, 0) is 50.2 Å². The van der Waals surface area contributed by atoms with Crippen molar-refractivity contribution in [3.8, 4) is 16.3 Å². The quantitative estimate of drug-likeness (QED) is 0.540. The highest BCUT2D eigenvalue weighted by molar-refractivity contribution is 7.13. The lowest BCUT2D eigenvalue weighted by Crippen LogP contribution is -2.40. The molecule has 0 fully saturated rings. The highest BCUT2D eigenvalue weighted by Crippen LogP contribution is 2.26. The van der Waals surface area contributed by atoms with E-state index in [1.54, 1.807) is 24.3 Å². The summed E-state index contributed by atoms with van der Waals surface area (Å²) in [6, 6.07) is 16.7. The van der Waals surface area contributed by atoms with Crippen LogP contribution in [0.25, 0.3) is 10.6 Å². The standard InChI is InChI=1S/C22H22N2O4S/c1-4-24(17-8-6-5-7-9-17)21(25)15(2)28-22(26)19-14-29-20(23-19)16-10-12-18(27-3)13-11-16/h5-15H,4H2,1-3H3/t15-/m0/s1. The fourth-order valence-electron chi connectivity index (χ4n) is 2.80. The molecular weight excluding hydrogens is 388 g/mol. The lowest BCUT2D eigenvalue weighted by atomic mass is 10.2. The number of aromatic nitrogens is 1. The van der Waals surface area contributed by atoms with Gasteiger partial charge in [-0.25, -0.2) is 9.78 Å². The Morgan fingerprint density at radius 2 is 1.79 bits per heavy atom. The number of benzene rings is 2. The monoisotopic (exact) mass is 410 g/mol. The van der Waals surface area contributed by atoms with Crippen LogP contribution in [-0.4, -0.2) is 36.6 Å². The van der Waals surface area contributed by atoms with Crippen LogP contribution < -0.4 is 9.64 Å². The first-order valence-electron chi connectivity index (χ1n) is 9.20. The van der Waals surface area contributed by atoms with Crippen LogP contribution in [0.15, 0.2) is 60.0 Å². The van der Waals surface area contributed by atoms with Gasteiger partial charge < -0.3 is 14.4 Å². The van der Waals surface area contributed by atoms with Gasteiger partial charge >= 0.3 is 5.97 Å². The molecule has 29 heavy (non-hydrogen) atoms. The maximum Gasteiger partial charge on any atom is 0.358 e. The predicted octanol–water partition coefficient (Wildman–Crippen LogP) is 4.42. The number of carbonyl (C=O) groups excluding carboxylic acids is 2. The Morgan fingerprint density at radius 1 is 1.10 bits per heavy atom.